The van der Waals surface area contributed by atoms with Gasteiger partial charge in [-0.1, -0.05) is 23.7 Å². The van der Waals surface area contributed by atoms with Gasteiger partial charge in [0.05, 0.1) is 15.6 Å². The molecule has 10 heteroatoms. The first kappa shape index (κ1) is 23.8. The van der Waals surface area contributed by atoms with Gasteiger partial charge in [-0.25, -0.2) is 0 Å². The number of nitrogens with zero attached hydrogens (tertiary/aromatic N) is 2. The van der Waals surface area contributed by atoms with Gasteiger partial charge in [-0.2, -0.15) is 18.4 Å². The number of thiol groups is 1. The molecule has 2 heterocycles. The molecule has 2 aromatic carbocycles. The van der Waals surface area contributed by atoms with Gasteiger partial charge in [0, 0.05) is 11.3 Å². The van der Waals surface area contributed by atoms with E-state index in [1.165, 1.54) is 12.1 Å². The molecule has 0 aliphatic carbocycles. The van der Waals surface area contributed by atoms with Gasteiger partial charge in [-0.15, -0.1) is 12.6 Å². The Labute approximate surface area is 203 Å². The highest BCUT2D eigenvalue weighted by Crippen LogP contribution is 2.41. The number of alkyl halides is 3. The van der Waals surface area contributed by atoms with Crippen molar-refractivity contribution in [2.24, 2.45) is 0 Å². The molecular weight excluding hydrogens is 487 g/mol. The number of nitrogens with one attached hydrogen (secondary N) is 1. The van der Waals surface area contributed by atoms with E-state index in [-0.39, 0.29) is 32.7 Å². The third kappa shape index (κ3) is 4.27. The Hall–Kier alpha value is -3.35. The van der Waals surface area contributed by atoms with Crippen LogP contribution < -0.4 is 10.2 Å². The highest BCUT2D eigenvalue weighted by Gasteiger charge is 2.37. The summed E-state index contributed by atoms with van der Waals surface area (Å²) >= 11 is 10.6. The van der Waals surface area contributed by atoms with E-state index in [0.29, 0.717) is 5.69 Å². The highest BCUT2D eigenvalue weighted by atomic mass is 35.5. The zero-order valence-corrected chi connectivity index (χ0v) is 19.5. The van der Waals surface area contributed by atoms with E-state index < -0.39 is 23.8 Å². The van der Waals surface area contributed by atoms with Crippen molar-refractivity contribution in [2.45, 2.75) is 26.2 Å². The maximum Gasteiger partial charge on any atom is 0.416 e. The maximum atomic E-state index is 13.2. The van der Waals surface area contributed by atoms with Crippen molar-refractivity contribution in [3.8, 4) is 17.4 Å². The standard InChI is InChI=1S/C24H17ClF3N3O2S/c1-12-3-4-13(2)18(9-12)31-21(30-22(32)16(11-29)23(31)34)20-8-7-19(33-20)15-10-14(24(26,27)28)5-6-17(15)25/h3-10,21,34H,1-2H3,(H,30,32). The topological polar surface area (TPSA) is 69.3 Å². The first-order valence-electron chi connectivity index (χ1n) is 9.99. The lowest BCUT2D eigenvalue weighted by molar-refractivity contribution is -0.137. The van der Waals surface area contributed by atoms with Gasteiger partial charge in [0.15, 0.2) is 6.17 Å². The third-order valence-corrected chi connectivity index (χ3v) is 6.16. The molecule has 0 fully saturated rings. The van der Waals surface area contributed by atoms with Gasteiger partial charge in [-0.05, 0) is 61.4 Å². The fourth-order valence-electron chi connectivity index (χ4n) is 3.67. The number of rotatable bonds is 3. The average Bonchev–Trinajstić information content (AvgIpc) is 3.25. The maximum absolute atomic E-state index is 13.2. The van der Waals surface area contributed by atoms with Gasteiger partial charge >= 0.3 is 6.18 Å². The van der Waals surface area contributed by atoms with Gasteiger partial charge < -0.3 is 14.6 Å². The molecule has 1 aromatic heterocycles. The Balaban J connectivity index is 1.83. The zero-order chi connectivity index (χ0) is 24.8. The Bertz CT molecular complexity index is 1370. The molecule has 1 aliphatic rings. The number of carbonyl (C=O) groups is 1. The molecule has 0 saturated carbocycles. The summed E-state index contributed by atoms with van der Waals surface area (Å²) in [7, 11) is 0. The van der Waals surface area contributed by atoms with Crippen LogP contribution in [0, 0.1) is 25.2 Å². The van der Waals surface area contributed by atoms with E-state index in [9.17, 15) is 23.2 Å². The molecule has 1 atom stereocenters. The zero-order valence-electron chi connectivity index (χ0n) is 17.9. The van der Waals surface area contributed by atoms with Gasteiger partial charge in [-0.3, -0.25) is 4.79 Å². The minimum atomic E-state index is -4.55. The van der Waals surface area contributed by atoms with Crippen molar-refractivity contribution in [3.05, 3.63) is 86.6 Å². The number of benzene rings is 2. The number of anilines is 1. The molecule has 0 radical (unpaired) electrons. The Morgan fingerprint density at radius 3 is 2.56 bits per heavy atom. The van der Waals surface area contributed by atoms with Crippen LogP contribution in [0.4, 0.5) is 18.9 Å². The summed E-state index contributed by atoms with van der Waals surface area (Å²) in [6.07, 6.45) is -5.46. The van der Waals surface area contributed by atoms with Crippen molar-refractivity contribution >= 4 is 35.8 Å². The van der Waals surface area contributed by atoms with Crippen molar-refractivity contribution < 1.29 is 22.4 Å². The normalized spacial score (nSPS) is 16.5. The monoisotopic (exact) mass is 503 g/mol. The van der Waals surface area contributed by atoms with Gasteiger partial charge in [0.1, 0.15) is 23.2 Å². The Morgan fingerprint density at radius 2 is 1.88 bits per heavy atom. The first-order chi connectivity index (χ1) is 16.0. The number of furan rings is 1. The van der Waals surface area contributed by atoms with Crippen LogP contribution in [0.1, 0.15) is 28.6 Å². The number of amides is 1. The SMILES string of the molecule is Cc1ccc(C)c(N2C(S)=C(C#N)C(=O)NC2c2ccc(-c3cc(C(F)(F)F)ccc3Cl)o2)c1. The molecule has 1 unspecified atom stereocenters. The van der Waals surface area contributed by atoms with Gasteiger partial charge in [0.2, 0.25) is 0 Å². The number of nitriles is 1. The number of halogens is 4. The molecule has 3 aromatic rings. The van der Waals surface area contributed by atoms with Crippen molar-refractivity contribution in [2.75, 3.05) is 4.90 Å². The lowest BCUT2D eigenvalue weighted by Crippen LogP contribution is -2.46. The molecule has 4 rings (SSSR count). The highest BCUT2D eigenvalue weighted by molar-refractivity contribution is 7.84. The summed E-state index contributed by atoms with van der Waals surface area (Å²) < 4.78 is 45.5. The van der Waals surface area contributed by atoms with Crippen LogP contribution in [-0.4, -0.2) is 5.91 Å². The molecule has 1 amide bonds. The summed E-state index contributed by atoms with van der Waals surface area (Å²) in [5.41, 5.74) is 1.48. The lowest BCUT2D eigenvalue weighted by atomic mass is 10.1. The van der Waals surface area contributed by atoms with Crippen molar-refractivity contribution in [1.29, 1.82) is 5.26 Å². The van der Waals surface area contributed by atoms with Crippen molar-refractivity contribution in [3.63, 3.8) is 0 Å². The van der Waals surface area contributed by atoms with E-state index >= 15 is 0 Å². The Morgan fingerprint density at radius 1 is 1.15 bits per heavy atom. The second-order valence-electron chi connectivity index (χ2n) is 7.74. The van der Waals surface area contributed by atoms with E-state index in [0.717, 1.165) is 29.3 Å². The van der Waals surface area contributed by atoms with E-state index in [2.05, 4.69) is 17.9 Å². The summed E-state index contributed by atoms with van der Waals surface area (Å²) in [6.45, 7) is 3.76. The van der Waals surface area contributed by atoms with Crippen LogP contribution in [0.15, 0.2) is 63.6 Å². The molecule has 34 heavy (non-hydrogen) atoms. The largest absolute Gasteiger partial charge is 0.457 e. The lowest BCUT2D eigenvalue weighted by Gasteiger charge is -2.37. The fourth-order valence-corrected chi connectivity index (χ4v) is 4.26. The molecule has 174 valence electrons. The van der Waals surface area contributed by atoms with E-state index in [1.807, 2.05) is 38.1 Å². The molecule has 0 spiro atoms. The van der Waals surface area contributed by atoms with Crippen LogP contribution in [0.2, 0.25) is 5.02 Å². The quantitative estimate of drug-likeness (QED) is 0.398. The number of hydrogen-bond donors (Lipinski definition) is 2. The first-order valence-corrected chi connectivity index (χ1v) is 10.8. The molecule has 0 bridgehead atoms. The van der Waals surface area contributed by atoms with Crippen LogP contribution in [0.25, 0.3) is 11.3 Å². The third-order valence-electron chi connectivity index (χ3n) is 5.40. The predicted molar refractivity (Wildman–Crippen MR) is 125 cm³/mol. The molecule has 5 nitrogen and oxygen atoms in total. The fraction of sp³-hybridized carbons (Fsp3) is 0.167. The minimum absolute atomic E-state index is 0.0579. The average molecular weight is 504 g/mol. The summed E-state index contributed by atoms with van der Waals surface area (Å²) in [4.78, 5) is 14.2. The molecule has 0 saturated heterocycles. The summed E-state index contributed by atoms with van der Waals surface area (Å²) in [5.74, 6) is -0.326. The summed E-state index contributed by atoms with van der Waals surface area (Å²) in [5, 5.41) is 12.4. The second-order valence-corrected chi connectivity index (χ2v) is 8.57. The number of aryl methyl sites for hydroxylation is 2. The summed E-state index contributed by atoms with van der Waals surface area (Å²) in [6, 6.07) is 13.5. The molecule has 1 aliphatic heterocycles. The molecular formula is C24H17ClF3N3O2S. The predicted octanol–water partition coefficient (Wildman–Crippen LogP) is 6.54. The van der Waals surface area contributed by atoms with Crippen LogP contribution in [0.5, 0.6) is 0 Å². The minimum Gasteiger partial charge on any atom is -0.457 e. The van der Waals surface area contributed by atoms with Crippen molar-refractivity contribution in [1.82, 2.24) is 5.32 Å². The van der Waals surface area contributed by atoms with E-state index in [1.54, 1.807) is 4.90 Å². The van der Waals surface area contributed by atoms with Crippen LogP contribution in [-0.2, 0) is 11.0 Å². The molecule has 1 N–H and O–H groups in total. The second kappa shape index (κ2) is 8.78. The Kier molecular flexibility index (Phi) is 6.14. The number of hydrogen-bond acceptors (Lipinski definition) is 5. The van der Waals surface area contributed by atoms with E-state index in [4.69, 9.17) is 16.0 Å². The van der Waals surface area contributed by atoms with Gasteiger partial charge in [0.25, 0.3) is 5.91 Å². The van der Waals surface area contributed by atoms with Crippen LogP contribution >= 0.6 is 24.2 Å². The smallest absolute Gasteiger partial charge is 0.416 e. The number of carbonyl (C=O) groups excluding carboxylic acids is 1. The van der Waals surface area contributed by atoms with Crippen LogP contribution in [0.3, 0.4) is 0 Å².